The molecule has 0 saturated heterocycles. The number of rotatable bonds is 5. The highest BCUT2D eigenvalue weighted by molar-refractivity contribution is 5.96. The minimum absolute atomic E-state index is 0.194. The highest BCUT2D eigenvalue weighted by Gasteiger charge is 2.22. The number of benzene rings is 1. The Balaban J connectivity index is 1.45. The van der Waals surface area contributed by atoms with Gasteiger partial charge in [-0.25, -0.2) is 4.98 Å². The first-order valence-corrected chi connectivity index (χ1v) is 10.0. The van der Waals surface area contributed by atoms with Crippen molar-refractivity contribution in [2.45, 2.75) is 37.8 Å². The van der Waals surface area contributed by atoms with Gasteiger partial charge < -0.3 is 21.4 Å². The van der Waals surface area contributed by atoms with Gasteiger partial charge in [-0.1, -0.05) is 18.9 Å². The summed E-state index contributed by atoms with van der Waals surface area (Å²) in [6, 6.07) is 12.6. The molecule has 5 N–H and O–H groups in total. The average Bonchev–Trinajstić information content (AvgIpc) is 3.42. The summed E-state index contributed by atoms with van der Waals surface area (Å²) in [7, 11) is 0. The Labute approximate surface area is 168 Å². The lowest BCUT2D eigenvalue weighted by Crippen LogP contribution is -2.42. The van der Waals surface area contributed by atoms with Gasteiger partial charge in [0.25, 0.3) is 0 Å². The predicted molar refractivity (Wildman–Crippen MR) is 115 cm³/mol. The molecule has 8 heteroatoms. The Bertz CT molecular complexity index is 1100. The fourth-order valence-electron chi connectivity index (χ4n) is 3.98. The number of H-pyrrole nitrogens is 1. The topological polar surface area (TPSA) is 109 Å². The first-order chi connectivity index (χ1) is 14.3. The van der Waals surface area contributed by atoms with Crippen molar-refractivity contribution in [3.05, 3.63) is 55.0 Å². The van der Waals surface area contributed by atoms with E-state index < -0.39 is 0 Å². The molecule has 3 heterocycles. The van der Waals surface area contributed by atoms with E-state index >= 15 is 0 Å². The van der Waals surface area contributed by atoms with Crippen LogP contribution in [0.15, 0.2) is 55.0 Å². The van der Waals surface area contributed by atoms with E-state index in [9.17, 15) is 0 Å². The van der Waals surface area contributed by atoms with Crippen LogP contribution >= 0.6 is 0 Å². The molecule has 2 atom stereocenters. The van der Waals surface area contributed by atoms with Crippen LogP contribution in [-0.2, 0) is 0 Å². The number of fused-ring (bicyclic) bond motifs is 1. The summed E-state index contributed by atoms with van der Waals surface area (Å²) in [5.74, 6) is 1.39. The molecule has 0 spiro atoms. The number of nitrogens with zero attached hydrogens (tertiary/aromatic N) is 4. The SMILES string of the molecule is N[C@H]1CCCC[C@H]1Nc1cc(Nc2cccc(-n3nccn3)n2)c2cc[nH]c2c1. The zero-order chi connectivity index (χ0) is 19.6. The minimum Gasteiger partial charge on any atom is -0.381 e. The maximum Gasteiger partial charge on any atom is 0.176 e. The van der Waals surface area contributed by atoms with Crippen LogP contribution in [0, 0.1) is 0 Å². The first kappa shape index (κ1) is 17.7. The van der Waals surface area contributed by atoms with Crippen molar-refractivity contribution in [3.8, 4) is 5.82 Å². The molecular weight excluding hydrogens is 364 g/mol. The van der Waals surface area contributed by atoms with Crippen molar-refractivity contribution in [2.75, 3.05) is 10.6 Å². The summed E-state index contributed by atoms with van der Waals surface area (Å²) in [4.78, 5) is 9.45. The molecule has 1 saturated carbocycles. The maximum atomic E-state index is 6.33. The smallest absolute Gasteiger partial charge is 0.176 e. The molecule has 1 aromatic carbocycles. The Morgan fingerprint density at radius 3 is 2.79 bits per heavy atom. The van der Waals surface area contributed by atoms with Crippen LogP contribution in [0.5, 0.6) is 0 Å². The number of aromatic amines is 1. The van der Waals surface area contributed by atoms with Gasteiger partial charge in [-0.15, -0.1) is 4.80 Å². The van der Waals surface area contributed by atoms with Gasteiger partial charge in [0.1, 0.15) is 5.82 Å². The number of hydrogen-bond donors (Lipinski definition) is 4. The quantitative estimate of drug-likeness (QED) is 0.416. The Morgan fingerprint density at radius 1 is 1.07 bits per heavy atom. The molecule has 5 rings (SSSR count). The number of nitrogens with two attached hydrogens (primary N) is 1. The summed E-state index contributed by atoms with van der Waals surface area (Å²) in [5.41, 5.74) is 9.43. The number of anilines is 3. The van der Waals surface area contributed by atoms with Crippen molar-refractivity contribution in [1.82, 2.24) is 25.0 Å². The molecule has 3 aromatic heterocycles. The highest BCUT2D eigenvalue weighted by Crippen LogP contribution is 2.31. The Hall–Kier alpha value is -3.39. The Kier molecular flexibility index (Phi) is 4.61. The van der Waals surface area contributed by atoms with E-state index in [2.05, 4.69) is 49.0 Å². The molecule has 1 aliphatic rings. The van der Waals surface area contributed by atoms with Gasteiger partial charge in [0.2, 0.25) is 0 Å². The summed E-state index contributed by atoms with van der Waals surface area (Å²) < 4.78 is 0. The zero-order valence-electron chi connectivity index (χ0n) is 16.0. The second-order valence-electron chi connectivity index (χ2n) is 7.49. The van der Waals surface area contributed by atoms with Crippen molar-refractivity contribution in [2.24, 2.45) is 5.73 Å². The third-order valence-electron chi connectivity index (χ3n) is 5.46. The molecule has 1 aliphatic carbocycles. The lowest BCUT2D eigenvalue weighted by atomic mass is 9.91. The van der Waals surface area contributed by atoms with Gasteiger partial charge in [0, 0.05) is 34.9 Å². The van der Waals surface area contributed by atoms with Crippen molar-refractivity contribution in [1.29, 1.82) is 0 Å². The fraction of sp³-hybridized carbons (Fsp3) is 0.286. The van der Waals surface area contributed by atoms with Crippen LogP contribution in [0.4, 0.5) is 17.2 Å². The second-order valence-corrected chi connectivity index (χ2v) is 7.49. The van der Waals surface area contributed by atoms with E-state index in [0.29, 0.717) is 11.9 Å². The zero-order valence-corrected chi connectivity index (χ0v) is 16.0. The van der Waals surface area contributed by atoms with Gasteiger partial charge in [0.15, 0.2) is 5.82 Å². The molecule has 0 aliphatic heterocycles. The molecule has 0 amide bonds. The van der Waals surface area contributed by atoms with Crippen LogP contribution in [0.25, 0.3) is 16.7 Å². The molecule has 0 radical (unpaired) electrons. The van der Waals surface area contributed by atoms with E-state index in [1.165, 1.54) is 17.6 Å². The van der Waals surface area contributed by atoms with E-state index in [0.717, 1.165) is 40.9 Å². The number of aromatic nitrogens is 5. The number of nitrogens with one attached hydrogen (secondary N) is 3. The summed E-state index contributed by atoms with van der Waals surface area (Å²) >= 11 is 0. The van der Waals surface area contributed by atoms with Crippen molar-refractivity contribution in [3.63, 3.8) is 0 Å². The lowest BCUT2D eigenvalue weighted by molar-refractivity contribution is 0.404. The summed E-state index contributed by atoms with van der Waals surface area (Å²) in [6.07, 6.45) is 9.84. The van der Waals surface area contributed by atoms with Gasteiger partial charge in [0.05, 0.1) is 18.1 Å². The molecule has 1 fully saturated rings. The molecule has 4 aromatic rings. The third-order valence-corrected chi connectivity index (χ3v) is 5.46. The second kappa shape index (κ2) is 7.56. The number of hydrogen-bond acceptors (Lipinski definition) is 6. The maximum absolute atomic E-state index is 6.33. The molecule has 8 nitrogen and oxygen atoms in total. The van der Waals surface area contributed by atoms with Crippen molar-refractivity contribution >= 4 is 28.1 Å². The molecule has 0 bridgehead atoms. The van der Waals surface area contributed by atoms with Gasteiger partial charge in [-0.3, -0.25) is 0 Å². The fourth-order valence-corrected chi connectivity index (χ4v) is 3.98. The largest absolute Gasteiger partial charge is 0.381 e. The third kappa shape index (κ3) is 3.66. The molecule has 148 valence electrons. The monoisotopic (exact) mass is 388 g/mol. The average molecular weight is 388 g/mol. The Morgan fingerprint density at radius 2 is 1.93 bits per heavy atom. The van der Waals surface area contributed by atoms with E-state index in [4.69, 9.17) is 5.73 Å². The van der Waals surface area contributed by atoms with Crippen LogP contribution < -0.4 is 16.4 Å². The van der Waals surface area contributed by atoms with E-state index in [1.54, 1.807) is 12.4 Å². The molecular formula is C21H24N8. The molecule has 0 unspecified atom stereocenters. The van der Waals surface area contributed by atoms with Crippen LogP contribution in [-0.4, -0.2) is 37.0 Å². The normalized spacial score (nSPS) is 19.3. The summed E-state index contributed by atoms with van der Waals surface area (Å²) in [6.45, 7) is 0. The first-order valence-electron chi connectivity index (χ1n) is 10.0. The van der Waals surface area contributed by atoms with Gasteiger partial charge in [-0.05, 0) is 43.2 Å². The van der Waals surface area contributed by atoms with Crippen LogP contribution in [0.2, 0.25) is 0 Å². The van der Waals surface area contributed by atoms with Gasteiger partial charge >= 0.3 is 0 Å². The van der Waals surface area contributed by atoms with Crippen molar-refractivity contribution < 1.29 is 0 Å². The minimum atomic E-state index is 0.194. The van der Waals surface area contributed by atoms with E-state index in [1.807, 2.05) is 24.4 Å². The number of pyridine rings is 1. The highest BCUT2D eigenvalue weighted by atomic mass is 15.5. The predicted octanol–water partition coefficient (Wildman–Crippen LogP) is 3.57. The molecule has 29 heavy (non-hydrogen) atoms. The van der Waals surface area contributed by atoms with Gasteiger partial charge in [-0.2, -0.15) is 10.2 Å². The van der Waals surface area contributed by atoms with Crippen LogP contribution in [0.1, 0.15) is 25.7 Å². The summed E-state index contributed by atoms with van der Waals surface area (Å²) in [5, 5.41) is 16.5. The lowest BCUT2D eigenvalue weighted by Gasteiger charge is -2.30. The standard InChI is InChI=1S/C21H24N8/c22-16-4-1-2-5-17(16)26-14-12-18-15(8-9-23-18)19(13-14)27-20-6-3-7-21(28-20)29-24-10-11-25-29/h3,6-13,16-17,23,26H,1-2,4-5,22H2,(H,27,28)/t16-,17+/m0/s1. The van der Waals surface area contributed by atoms with E-state index in [-0.39, 0.29) is 6.04 Å². The van der Waals surface area contributed by atoms with Crippen LogP contribution in [0.3, 0.4) is 0 Å².